The Morgan fingerprint density at radius 2 is 2.08 bits per heavy atom. The summed E-state index contributed by atoms with van der Waals surface area (Å²) >= 11 is 0. The van der Waals surface area contributed by atoms with Crippen LogP contribution in [0.4, 0.5) is 0 Å². The van der Waals surface area contributed by atoms with Gasteiger partial charge >= 0.3 is 0 Å². The van der Waals surface area contributed by atoms with E-state index in [4.69, 9.17) is 4.74 Å². The van der Waals surface area contributed by atoms with Gasteiger partial charge < -0.3 is 9.84 Å². The number of benzene rings is 1. The molecule has 0 amide bonds. The molecule has 3 rings (SSSR count). The van der Waals surface area contributed by atoms with Gasteiger partial charge in [-0.05, 0) is 51.4 Å². The lowest BCUT2D eigenvalue weighted by Crippen LogP contribution is -2.40. The number of β-amino-alcohol motifs (C(OH)–C–C–N with tert-alkyl or cyclic N) is 1. The maximum atomic E-state index is 10.3. The first-order valence-corrected chi connectivity index (χ1v) is 8.73. The second-order valence-corrected chi connectivity index (χ2v) is 6.68. The van der Waals surface area contributed by atoms with E-state index in [9.17, 15) is 5.11 Å². The highest BCUT2D eigenvalue weighted by Crippen LogP contribution is 2.20. The fraction of sp³-hybridized carbons (Fsp3) is 0.526. The topological polar surface area (TPSA) is 50.5 Å². The van der Waals surface area contributed by atoms with Gasteiger partial charge in [0.25, 0.3) is 0 Å². The first kappa shape index (κ1) is 17.0. The van der Waals surface area contributed by atoms with Crippen LogP contribution in [0.25, 0.3) is 0 Å². The first-order chi connectivity index (χ1) is 11.6. The summed E-state index contributed by atoms with van der Waals surface area (Å²) in [6.07, 6.45) is 1.85. The van der Waals surface area contributed by atoms with E-state index in [0.717, 1.165) is 31.0 Å². The van der Waals surface area contributed by atoms with Gasteiger partial charge in [-0.1, -0.05) is 18.2 Å². The summed E-state index contributed by atoms with van der Waals surface area (Å²) in [5.41, 5.74) is 2.26. The Morgan fingerprint density at radius 3 is 2.79 bits per heavy atom. The molecule has 0 bridgehead atoms. The third kappa shape index (κ3) is 4.36. The zero-order valence-corrected chi connectivity index (χ0v) is 14.6. The molecule has 24 heavy (non-hydrogen) atoms. The van der Waals surface area contributed by atoms with Crippen molar-refractivity contribution < 1.29 is 9.84 Å². The molecule has 2 aromatic rings. The van der Waals surface area contributed by atoms with Crippen LogP contribution in [0.3, 0.4) is 0 Å². The molecule has 2 atom stereocenters. The summed E-state index contributed by atoms with van der Waals surface area (Å²) in [6, 6.07) is 12.2. The summed E-state index contributed by atoms with van der Waals surface area (Å²) in [5.74, 6) is 0.803. The number of para-hydroxylation sites is 1. The first-order valence-electron chi connectivity index (χ1n) is 8.73. The molecule has 5 heteroatoms. The second kappa shape index (κ2) is 7.81. The molecular formula is C19H27N3O2. The van der Waals surface area contributed by atoms with Gasteiger partial charge in [-0.2, -0.15) is 5.10 Å². The van der Waals surface area contributed by atoms with Crippen LogP contribution in [-0.2, 0) is 6.54 Å². The summed E-state index contributed by atoms with van der Waals surface area (Å²) in [4.78, 5) is 2.37. The SMILES string of the molecule is Cc1cc(C)n(C[C@@H]2CCCN2C[C@H](O)COc2ccccc2)n1. The summed E-state index contributed by atoms with van der Waals surface area (Å²) in [5, 5.41) is 14.9. The van der Waals surface area contributed by atoms with E-state index in [1.165, 1.54) is 12.1 Å². The predicted molar refractivity (Wildman–Crippen MR) is 94.2 cm³/mol. The number of rotatable bonds is 7. The molecule has 0 unspecified atom stereocenters. The monoisotopic (exact) mass is 329 g/mol. The van der Waals surface area contributed by atoms with Gasteiger partial charge in [-0.25, -0.2) is 0 Å². The zero-order chi connectivity index (χ0) is 16.9. The number of nitrogens with zero attached hydrogens (tertiary/aromatic N) is 3. The molecule has 0 aliphatic carbocycles. The molecule has 1 aromatic heterocycles. The number of aromatic nitrogens is 2. The van der Waals surface area contributed by atoms with Crippen molar-refractivity contribution in [3.05, 3.63) is 47.8 Å². The highest BCUT2D eigenvalue weighted by molar-refractivity contribution is 5.20. The highest BCUT2D eigenvalue weighted by atomic mass is 16.5. The average molecular weight is 329 g/mol. The van der Waals surface area contributed by atoms with Crippen LogP contribution < -0.4 is 4.74 Å². The van der Waals surface area contributed by atoms with E-state index in [2.05, 4.69) is 27.7 Å². The number of hydrogen-bond donors (Lipinski definition) is 1. The lowest BCUT2D eigenvalue weighted by molar-refractivity contribution is 0.0608. The van der Waals surface area contributed by atoms with Crippen molar-refractivity contribution in [3.63, 3.8) is 0 Å². The number of likely N-dealkylation sites (tertiary alicyclic amines) is 1. The van der Waals surface area contributed by atoms with Crippen LogP contribution >= 0.6 is 0 Å². The number of ether oxygens (including phenoxy) is 1. The molecule has 1 N–H and O–H groups in total. The molecule has 0 radical (unpaired) electrons. The molecule has 2 heterocycles. The van der Waals surface area contributed by atoms with Gasteiger partial charge in [0.2, 0.25) is 0 Å². The number of aliphatic hydroxyl groups is 1. The van der Waals surface area contributed by atoms with Crippen molar-refractivity contribution in [1.29, 1.82) is 0 Å². The van der Waals surface area contributed by atoms with Crippen LogP contribution in [0.1, 0.15) is 24.2 Å². The van der Waals surface area contributed by atoms with Crippen LogP contribution in [0.2, 0.25) is 0 Å². The quantitative estimate of drug-likeness (QED) is 0.847. The number of aryl methyl sites for hydroxylation is 2. The van der Waals surface area contributed by atoms with Crippen molar-refractivity contribution in [1.82, 2.24) is 14.7 Å². The minimum Gasteiger partial charge on any atom is -0.491 e. The highest BCUT2D eigenvalue weighted by Gasteiger charge is 2.27. The summed E-state index contributed by atoms with van der Waals surface area (Å²) < 4.78 is 7.75. The Morgan fingerprint density at radius 1 is 1.29 bits per heavy atom. The van der Waals surface area contributed by atoms with Gasteiger partial charge in [-0.3, -0.25) is 9.58 Å². The van der Waals surface area contributed by atoms with Crippen molar-refractivity contribution in [2.24, 2.45) is 0 Å². The normalized spacial score (nSPS) is 19.5. The Labute approximate surface area is 143 Å². The van der Waals surface area contributed by atoms with E-state index in [1.807, 2.05) is 37.3 Å². The fourth-order valence-corrected chi connectivity index (χ4v) is 3.43. The summed E-state index contributed by atoms with van der Waals surface area (Å²) in [7, 11) is 0. The zero-order valence-electron chi connectivity index (χ0n) is 14.6. The van der Waals surface area contributed by atoms with Crippen molar-refractivity contribution in [2.45, 2.75) is 45.4 Å². The average Bonchev–Trinajstić information content (AvgIpc) is 3.13. The van der Waals surface area contributed by atoms with Crippen LogP contribution in [0.15, 0.2) is 36.4 Å². The molecule has 130 valence electrons. The Kier molecular flexibility index (Phi) is 5.53. The molecule has 5 nitrogen and oxygen atoms in total. The van der Waals surface area contributed by atoms with E-state index >= 15 is 0 Å². The van der Waals surface area contributed by atoms with Crippen LogP contribution in [0.5, 0.6) is 5.75 Å². The molecule has 1 saturated heterocycles. The van der Waals surface area contributed by atoms with Crippen molar-refractivity contribution in [2.75, 3.05) is 19.7 Å². The van der Waals surface area contributed by atoms with E-state index in [1.54, 1.807) is 0 Å². The van der Waals surface area contributed by atoms with E-state index < -0.39 is 6.10 Å². The lowest BCUT2D eigenvalue weighted by Gasteiger charge is -2.27. The van der Waals surface area contributed by atoms with E-state index in [0.29, 0.717) is 19.2 Å². The van der Waals surface area contributed by atoms with Gasteiger partial charge in [0.05, 0.1) is 12.2 Å². The third-order valence-electron chi connectivity index (χ3n) is 4.62. The van der Waals surface area contributed by atoms with Gasteiger partial charge in [0.15, 0.2) is 0 Å². The van der Waals surface area contributed by atoms with E-state index in [-0.39, 0.29) is 0 Å². The predicted octanol–water partition coefficient (Wildman–Crippen LogP) is 2.40. The fourth-order valence-electron chi connectivity index (χ4n) is 3.43. The molecule has 1 aliphatic heterocycles. The number of hydrogen-bond acceptors (Lipinski definition) is 4. The molecular weight excluding hydrogens is 302 g/mol. The Bertz CT molecular complexity index is 641. The number of aliphatic hydroxyl groups excluding tert-OH is 1. The molecule has 1 aliphatic rings. The van der Waals surface area contributed by atoms with Gasteiger partial charge in [-0.15, -0.1) is 0 Å². The smallest absolute Gasteiger partial charge is 0.119 e. The van der Waals surface area contributed by atoms with Gasteiger partial charge in [0.1, 0.15) is 18.5 Å². The standard InChI is InChI=1S/C19H27N3O2/c1-15-11-16(2)22(20-15)12-17-7-6-10-21(17)13-18(23)14-24-19-8-4-3-5-9-19/h3-5,8-9,11,17-18,23H,6-7,10,12-14H2,1-2H3/t17-,18-/m0/s1. The minimum atomic E-state index is -0.480. The summed E-state index contributed by atoms with van der Waals surface area (Å²) in [6.45, 7) is 7.03. The minimum absolute atomic E-state index is 0.327. The maximum Gasteiger partial charge on any atom is 0.119 e. The van der Waals surface area contributed by atoms with Crippen LogP contribution in [0, 0.1) is 13.8 Å². The molecule has 0 saturated carbocycles. The van der Waals surface area contributed by atoms with Crippen molar-refractivity contribution >= 4 is 0 Å². The maximum absolute atomic E-state index is 10.3. The molecule has 1 aromatic carbocycles. The second-order valence-electron chi connectivity index (χ2n) is 6.68. The molecule has 1 fully saturated rings. The molecule has 0 spiro atoms. The van der Waals surface area contributed by atoms with Crippen LogP contribution in [-0.4, -0.2) is 51.6 Å². The Hall–Kier alpha value is -1.85. The lowest BCUT2D eigenvalue weighted by atomic mass is 10.2. The third-order valence-corrected chi connectivity index (χ3v) is 4.62. The largest absolute Gasteiger partial charge is 0.491 e. The Balaban J connectivity index is 1.50. The van der Waals surface area contributed by atoms with Gasteiger partial charge in [0, 0.05) is 18.3 Å². The van der Waals surface area contributed by atoms with Crippen molar-refractivity contribution in [3.8, 4) is 5.75 Å².